The normalized spacial score (nSPS) is 10.4. The molecule has 0 unspecified atom stereocenters. The van der Waals surface area contributed by atoms with Crippen LogP contribution in [-0.2, 0) is 6.42 Å². The number of amides is 2. The van der Waals surface area contributed by atoms with E-state index in [1.54, 1.807) is 56.6 Å². The molecule has 0 aromatic heterocycles. The van der Waals surface area contributed by atoms with Crippen LogP contribution in [0.5, 0.6) is 5.75 Å². The molecule has 3 rings (SSSR count). The highest BCUT2D eigenvalue weighted by atomic mass is 79.9. The van der Waals surface area contributed by atoms with Crippen molar-refractivity contribution < 1.29 is 14.3 Å². The molecule has 0 heterocycles. The lowest BCUT2D eigenvalue weighted by atomic mass is 10.1. The van der Waals surface area contributed by atoms with Crippen LogP contribution in [0.2, 0.25) is 0 Å². The maximum absolute atomic E-state index is 12.7. The number of carbonyl (C=O) groups is 2. The number of hydrogen-bond acceptors (Lipinski definition) is 3. The lowest BCUT2D eigenvalue weighted by Crippen LogP contribution is -2.24. The summed E-state index contributed by atoms with van der Waals surface area (Å²) < 4.78 is 6.54. The monoisotopic (exact) mass is 466 g/mol. The molecule has 0 aliphatic heterocycles. The van der Waals surface area contributed by atoms with Crippen LogP contribution in [0.15, 0.2) is 77.3 Å². The Morgan fingerprint density at radius 2 is 1.67 bits per heavy atom. The molecule has 0 aliphatic rings. The molecule has 0 bridgehead atoms. The van der Waals surface area contributed by atoms with Gasteiger partial charge in [0, 0.05) is 26.1 Å². The topological polar surface area (TPSA) is 58.6 Å². The number of anilines is 1. The van der Waals surface area contributed by atoms with E-state index in [-0.39, 0.29) is 11.8 Å². The van der Waals surface area contributed by atoms with Crippen molar-refractivity contribution in [2.24, 2.45) is 0 Å². The molecule has 3 aromatic rings. The molecule has 6 heteroatoms. The molecule has 0 atom stereocenters. The fourth-order valence-corrected chi connectivity index (χ4v) is 3.39. The summed E-state index contributed by atoms with van der Waals surface area (Å²) in [7, 11) is 3.35. The molecule has 0 saturated carbocycles. The summed E-state index contributed by atoms with van der Waals surface area (Å²) in [5.74, 6) is 0.199. The number of ether oxygens (including phenoxy) is 1. The highest BCUT2D eigenvalue weighted by molar-refractivity contribution is 9.10. The van der Waals surface area contributed by atoms with Crippen LogP contribution in [0, 0.1) is 0 Å². The molecule has 30 heavy (non-hydrogen) atoms. The van der Waals surface area contributed by atoms with Crippen molar-refractivity contribution in [3.8, 4) is 5.75 Å². The highest BCUT2D eigenvalue weighted by Gasteiger charge is 2.16. The van der Waals surface area contributed by atoms with Crippen molar-refractivity contribution in [1.29, 1.82) is 0 Å². The van der Waals surface area contributed by atoms with Crippen molar-refractivity contribution in [1.82, 2.24) is 4.90 Å². The van der Waals surface area contributed by atoms with Crippen LogP contribution < -0.4 is 10.1 Å². The van der Waals surface area contributed by atoms with Gasteiger partial charge in [-0.1, -0.05) is 42.5 Å². The van der Waals surface area contributed by atoms with E-state index in [2.05, 4.69) is 33.4 Å². The lowest BCUT2D eigenvalue weighted by Gasteiger charge is -2.15. The maximum Gasteiger partial charge on any atom is 0.255 e. The van der Waals surface area contributed by atoms with Gasteiger partial charge in [-0.25, -0.2) is 0 Å². The molecule has 5 nitrogen and oxygen atoms in total. The summed E-state index contributed by atoms with van der Waals surface area (Å²) in [6.07, 6.45) is 0.798. The van der Waals surface area contributed by atoms with Crippen LogP contribution in [0.4, 0.5) is 5.69 Å². The second-order valence-electron chi connectivity index (χ2n) is 6.93. The number of nitrogens with zero attached hydrogens (tertiary/aromatic N) is 1. The van der Waals surface area contributed by atoms with Gasteiger partial charge < -0.3 is 15.0 Å². The molecule has 0 fully saturated rings. The Labute approximate surface area is 184 Å². The third kappa shape index (κ3) is 5.48. The first-order valence-electron chi connectivity index (χ1n) is 9.54. The Bertz CT molecular complexity index is 1040. The van der Waals surface area contributed by atoms with Crippen molar-refractivity contribution in [2.45, 2.75) is 6.42 Å². The number of halogens is 1. The van der Waals surface area contributed by atoms with Gasteiger partial charge in [-0.2, -0.15) is 0 Å². The molecule has 0 aliphatic carbocycles. The van der Waals surface area contributed by atoms with Gasteiger partial charge in [0.2, 0.25) is 0 Å². The number of carbonyl (C=O) groups excluding carboxylic acids is 2. The molecule has 154 valence electrons. The molecule has 1 N–H and O–H groups in total. The number of nitrogens with one attached hydrogen (secondary N) is 1. The minimum atomic E-state index is -0.300. The fraction of sp³-hybridized carbons (Fsp3) is 0.167. The first-order chi connectivity index (χ1) is 14.5. The molecule has 0 spiro atoms. The number of hydrogen-bond donors (Lipinski definition) is 1. The smallest absolute Gasteiger partial charge is 0.255 e. The van der Waals surface area contributed by atoms with Crippen LogP contribution in [0.3, 0.4) is 0 Å². The van der Waals surface area contributed by atoms with Gasteiger partial charge in [0.05, 0.1) is 22.3 Å². The standard InChI is InChI=1S/C24H23BrN2O3/c1-27(2)24(29)19-10-6-7-11-21(19)26-23(28)18-12-13-22(20(25)16-18)30-15-14-17-8-4-3-5-9-17/h3-13,16H,14-15H2,1-2H3,(H,26,28). The van der Waals surface area contributed by atoms with Crippen LogP contribution >= 0.6 is 15.9 Å². The average Bonchev–Trinajstić information content (AvgIpc) is 2.75. The first kappa shape index (κ1) is 21.6. The maximum atomic E-state index is 12.7. The third-order valence-electron chi connectivity index (χ3n) is 4.50. The summed E-state index contributed by atoms with van der Waals surface area (Å²) in [6, 6.07) is 22.2. The van der Waals surface area contributed by atoms with Crippen molar-refractivity contribution in [3.63, 3.8) is 0 Å². The first-order valence-corrected chi connectivity index (χ1v) is 10.3. The van der Waals surface area contributed by atoms with Gasteiger partial charge in [-0.05, 0) is 51.8 Å². The molecule has 2 amide bonds. The second-order valence-corrected chi connectivity index (χ2v) is 7.78. The van der Waals surface area contributed by atoms with Crippen LogP contribution in [-0.4, -0.2) is 37.4 Å². The van der Waals surface area contributed by atoms with Gasteiger partial charge in [0.15, 0.2) is 0 Å². The van der Waals surface area contributed by atoms with E-state index in [0.717, 1.165) is 6.42 Å². The fourth-order valence-electron chi connectivity index (χ4n) is 2.90. The van der Waals surface area contributed by atoms with E-state index in [0.29, 0.717) is 33.6 Å². The van der Waals surface area contributed by atoms with E-state index in [1.165, 1.54) is 10.5 Å². The minimum absolute atomic E-state index is 0.172. The number of rotatable bonds is 7. The third-order valence-corrected chi connectivity index (χ3v) is 5.12. The minimum Gasteiger partial charge on any atom is -0.492 e. The molecule has 0 saturated heterocycles. The largest absolute Gasteiger partial charge is 0.492 e. The Hall–Kier alpha value is -3.12. The van der Waals surface area contributed by atoms with Gasteiger partial charge >= 0.3 is 0 Å². The highest BCUT2D eigenvalue weighted by Crippen LogP contribution is 2.27. The second kappa shape index (κ2) is 10.1. The number of para-hydroxylation sites is 1. The van der Waals surface area contributed by atoms with Crippen molar-refractivity contribution in [2.75, 3.05) is 26.0 Å². The van der Waals surface area contributed by atoms with Gasteiger partial charge in [-0.3, -0.25) is 9.59 Å². The predicted octanol–water partition coefficient (Wildman–Crippen LogP) is 5.02. The zero-order chi connectivity index (χ0) is 21.5. The van der Waals surface area contributed by atoms with E-state index in [4.69, 9.17) is 4.74 Å². The summed E-state index contributed by atoms with van der Waals surface area (Å²) in [5.41, 5.74) is 2.58. The Morgan fingerprint density at radius 1 is 0.967 bits per heavy atom. The zero-order valence-corrected chi connectivity index (χ0v) is 18.5. The predicted molar refractivity (Wildman–Crippen MR) is 122 cm³/mol. The zero-order valence-electron chi connectivity index (χ0n) is 16.9. The summed E-state index contributed by atoms with van der Waals surface area (Å²) >= 11 is 3.48. The van der Waals surface area contributed by atoms with E-state index in [1.807, 2.05) is 18.2 Å². The molecular formula is C24H23BrN2O3. The van der Waals surface area contributed by atoms with Gasteiger partial charge in [-0.15, -0.1) is 0 Å². The average molecular weight is 467 g/mol. The quantitative estimate of drug-likeness (QED) is 0.531. The van der Waals surface area contributed by atoms with Gasteiger partial charge in [0.25, 0.3) is 11.8 Å². The Balaban J connectivity index is 1.66. The molecular weight excluding hydrogens is 444 g/mol. The van der Waals surface area contributed by atoms with E-state index >= 15 is 0 Å². The molecule has 3 aromatic carbocycles. The van der Waals surface area contributed by atoms with E-state index in [9.17, 15) is 9.59 Å². The lowest BCUT2D eigenvalue weighted by molar-refractivity contribution is 0.0828. The Morgan fingerprint density at radius 3 is 2.37 bits per heavy atom. The SMILES string of the molecule is CN(C)C(=O)c1ccccc1NC(=O)c1ccc(OCCc2ccccc2)c(Br)c1. The van der Waals surface area contributed by atoms with Crippen LogP contribution in [0.25, 0.3) is 0 Å². The van der Waals surface area contributed by atoms with Gasteiger partial charge in [0.1, 0.15) is 5.75 Å². The summed E-state index contributed by atoms with van der Waals surface area (Å²) in [4.78, 5) is 26.5. The van der Waals surface area contributed by atoms with Crippen molar-refractivity contribution >= 4 is 33.4 Å². The summed E-state index contributed by atoms with van der Waals surface area (Å²) in [6.45, 7) is 0.536. The Kier molecular flexibility index (Phi) is 7.25. The molecule has 0 radical (unpaired) electrons. The summed E-state index contributed by atoms with van der Waals surface area (Å²) in [5, 5.41) is 2.83. The van der Waals surface area contributed by atoms with E-state index < -0.39 is 0 Å². The van der Waals surface area contributed by atoms with Crippen LogP contribution in [0.1, 0.15) is 26.3 Å². The van der Waals surface area contributed by atoms with Crippen molar-refractivity contribution in [3.05, 3.63) is 94.0 Å². The number of benzene rings is 3.